The van der Waals surface area contributed by atoms with Gasteiger partial charge in [-0.05, 0) is 67.1 Å². The van der Waals surface area contributed by atoms with E-state index >= 15 is 0 Å². The Labute approximate surface area is 161 Å². The number of benzene rings is 2. The Hall–Kier alpha value is -2.21. The molecule has 0 unspecified atom stereocenters. The third-order valence-electron chi connectivity index (χ3n) is 3.78. The van der Waals surface area contributed by atoms with Gasteiger partial charge in [-0.3, -0.25) is 4.79 Å². The van der Waals surface area contributed by atoms with E-state index in [9.17, 15) is 4.79 Å². The van der Waals surface area contributed by atoms with Crippen LogP contribution in [0, 0.1) is 6.92 Å². The quantitative estimate of drug-likeness (QED) is 0.575. The van der Waals surface area contributed by atoms with Crippen LogP contribution >= 0.6 is 23.4 Å². The van der Waals surface area contributed by atoms with Gasteiger partial charge in [0.25, 0.3) is 0 Å². The lowest BCUT2D eigenvalue weighted by Gasteiger charge is -2.09. The molecule has 6 heteroatoms. The molecule has 1 amide bonds. The fourth-order valence-corrected chi connectivity index (χ4v) is 3.33. The van der Waals surface area contributed by atoms with Crippen molar-refractivity contribution in [2.75, 3.05) is 11.1 Å². The van der Waals surface area contributed by atoms with Gasteiger partial charge in [0.1, 0.15) is 18.1 Å². The predicted molar refractivity (Wildman–Crippen MR) is 106 cm³/mol. The van der Waals surface area contributed by atoms with E-state index in [0.717, 1.165) is 21.7 Å². The van der Waals surface area contributed by atoms with E-state index in [1.165, 1.54) is 11.8 Å². The van der Waals surface area contributed by atoms with Crippen LogP contribution in [-0.2, 0) is 11.4 Å². The number of halogens is 1. The van der Waals surface area contributed by atoms with E-state index in [1.54, 1.807) is 18.2 Å². The van der Waals surface area contributed by atoms with E-state index in [1.807, 2.05) is 43.3 Å². The minimum atomic E-state index is -0.127. The first-order valence-corrected chi connectivity index (χ1v) is 9.40. The SMILES string of the molecule is Cc1cc(NC(=O)CSc2ccc(Cl)cc2)ccc1-c1ccc(CO)o1. The van der Waals surface area contributed by atoms with Crippen molar-refractivity contribution >= 4 is 35.0 Å². The Morgan fingerprint density at radius 2 is 1.92 bits per heavy atom. The molecule has 0 saturated heterocycles. The second-order valence-electron chi connectivity index (χ2n) is 5.74. The molecule has 2 aromatic carbocycles. The molecular weight excluding hydrogens is 370 g/mol. The summed E-state index contributed by atoms with van der Waals surface area (Å²) in [4.78, 5) is 13.2. The number of aliphatic hydroxyl groups excluding tert-OH is 1. The van der Waals surface area contributed by atoms with Crippen LogP contribution < -0.4 is 5.32 Å². The molecule has 0 fully saturated rings. The summed E-state index contributed by atoms with van der Waals surface area (Å²) in [5, 5.41) is 12.7. The molecule has 134 valence electrons. The van der Waals surface area contributed by atoms with Crippen molar-refractivity contribution < 1.29 is 14.3 Å². The molecule has 0 radical (unpaired) electrons. The maximum absolute atomic E-state index is 12.2. The second kappa shape index (κ2) is 8.45. The summed E-state index contributed by atoms with van der Waals surface area (Å²) < 4.78 is 5.57. The fraction of sp³-hybridized carbons (Fsp3) is 0.150. The van der Waals surface area contributed by atoms with Crippen LogP contribution in [-0.4, -0.2) is 16.8 Å². The number of anilines is 1. The van der Waals surface area contributed by atoms with Gasteiger partial charge in [-0.2, -0.15) is 0 Å². The van der Waals surface area contributed by atoms with E-state index in [0.29, 0.717) is 22.3 Å². The molecule has 26 heavy (non-hydrogen) atoms. The average molecular weight is 388 g/mol. The molecule has 0 bridgehead atoms. The van der Waals surface area contributed by atoms with Crippen molar-refractivity contribution in [2.24, 2.45) is 0 Å². The van der Waals surface area contributed by atoms with Gasteiger partial charge in [0.15, 0.2) is 0 Å². The summed E-state index contributed by atoms with van der Waals surface area (Å²) in [5.41, 5.74) is 2.65. The lowest BCUT2D eigenvalue weighted by molar-refractivity contribution is -0.113. The largest absolute Gasteiger partial charge is 0.459 e. The predicted octanol–water partition coefficient (Wildman–Crippen LogP) is 5.13. The molecule has 0 saturated carbocycles. The number of aliphatic hydroxyl groups is 1. The lowest BCUT2D eigenvalue weighted by Crippen LogP contribution is -2.14. The summed E-state index contributed by atoms with van der Waals surface area (Å²) in [6, 6.07) is 16.6. The molecule has 2 N–H and O–H groups in total. The van der Waals surface area contributed by atoms with E-state index in [2.05, 4.69) is 5.32 Å². The number of nitrogens with one attached hydrogen (secondary N) is 1. The van der Waals surface area contributed by atoms with Crippen molar-refractivity contribution in [1.29, 1.82) is 0 Å². The third-order valence-corrected chi connectivity index (χ3v) is 5.04. The molecule has 3 rings (SSSR count). The molecule has 1 heterocycles. The van der Waals surface area contributed by atoms with Crippen LogP contribution in [0.15, 0.2) is 63.9 Å². The molecule has 0 aliphatic rings. The van der Waals surface area contributed by atoms with Crippen molar-refractivity contribution in [1.82, 2.24) is 0 Å². The molecule has 0 aliphatic heterocycles. The zero-order chi connectivity index (χ0) is 18.5. The Bertz CT molecular complexity index is 906. The zero-order valence-corrected chi connectivity index (χ0v) is 15.7. The van der Waals surface area contributed by atoms with Crippen molar-refractivity contribution in [3.8, 4) is 11.3 Å². The van der Waals surface area contributed by atoms with Gasteiger partial charge in [0.05, 0.1) is 5.75 Å². The molecule has 4 nitrogen and oxygen atoms in total. The highest BCUT2D eigenvalue weighted by molar-refractivity contribution is 8.00. The number of carbonyl (C=O) groups excluding carboxylic acids is 1. The standard InChI is InChI=1S/C20H18ClNO3S/c1-13-10-15(4-8-18(13)19-9-5-16(11-23)25-19)22-20(24)12-26-17-6-2-14(21)3-7-17/h2-10,23H,11-12H2,1H3,(H,22,24). The highest BCUT2D eigenvalue weighted by atomic mass is 35.5. The van der Waals surface area contributed by atoms with Crippen molar-refractivity contribution in [3.63, 3.8) is 0 Å². The molecule has 0 atom stereocenters. The average Bonchev–Trinajstić information content (AvgIpc) is 3.10. The first kappa shape index (κ1) is 18.6. The summed E-state index contributed by atoms with van der Waals surface area (Å²) in [5.74, 6) is 1.47. The van der Waals surface area contributed by atoms with Crippen LogP contribution in [0.4, 0.5) is 5.69 Å². The molecular formula is C20H18ClNO3S. The first-order chi connectivity index (χ1) is 12.5. The summed E-state index contributed by atoms with van der Waals surface area (Å²) >= 11 is 7.31. The number of hydrogen-bond donors (Lipinski definition) is 2. The monoisotopic (exact) mass is 387 g/mol. The van der Waals surface area contributed by atoms with Gasteiger partial charge < -0.3 is 14.8 Å². The smallest absolute Gasteiger partial charge is 0.234 e. The second-order valence-corrected chi connectivity index (χ2v) is 7.23. The molecule has 3 aromatic rings. The van der Waals surface area contributed by atoms with Crippen LogP contribution in [0.2, 0.25) is 5.02 Å². The van der Waals surface area contributed by atoms with Crippen LogP contribution in [0.3, 0.4) is 0 Å². The van der Waals surface area contributed by atoms with Crippen molar-refractivity contribution in [2.45, 2.75) is 18.4 Å². The molecule has 1 aromatic heterocycles. The van der Waals surface area contributed by atoms with Gasteiger partial charge in [-0.1, -0.05) is 11.6 Å². The van der Waals surface area contributed by atoms with E-state index in [4.69, 9.17) is 21.1 Å². The number of furan rings is 1. The fourth-order valence-electron chi connectivity index (χ4n) is 2.50. The normalized spacial score (nSPS) is 10.7. The van der Waals surface area contributed by atoms with Crippen LogP contribution in [0.25, 0.3) is 11.3 Å². The van der Waals surface area contributed by atoms with Crippen LogP contribution in [0.5, 0.6) is 0 Å². The third kappa shape index (κ3) is 4.69. The summed E-state index contributed by atoms with van der Waals surface area (Å²) in [7, 11) is 0. The van der Waals surface area contributed by atoms with Gasteiger partial charge in [0.2, 0.25) is 5.91 Å². The summed E-state index contributed by atoms with van der Waals surface area (Å²) in [6.45, 7) is 1.83. The number of hydrogen-bond acceptors (Lipinski definition) is 4. The highest BCUT2D eigenvalue weighted by Gasteiger charge is 2.09. The number of carbonyl (C=O) groups is 1. The maximum atomic E-state index is 12.2. The van der Waals surface area contributed by atoms with Crippen LogP contribution in [0.1, 0.15) is 11.3 Å². The number of thioether (sulfide) groups is 1. The number of rotatable bonds is 6. The maximum Gasteiger partial charge on any atom is 0.234 e. The molecule has 0 spiro atoms. The lowest BCUT2D eigenvalue weighted by atomic mass is 10.1. The minimum Gasteiger partial charge on any atom is -0.459 e. The van der Waals surface area contributed by atoms with Gasteiger partial charge in [-0.25, -0.2) is 0 Å². The van der Waals surface area contributed by atoms with E-state index < -0.39 is 0 Å². The Balaban J connectivity index is 1.61. The Kier molecular flexibility index (Phi) is 6.04. The van der Waals surface area contributed by atoms with Crippen molar-refractivity contribution in [3.05, 3.63) is 70.9 Å². The highest BCUT2D eigenvalue weighted by Crippen LogP contribution is 2.28. The number of amides is 1. The Morgan fingerprint density at radius 3 is 2.58 bits per heavy atom. The minimum absolute atomic E-state index is 0.0716. The summed E-state index contributed by atoms with van der Waals surface area (Å²) in [6.07, 6.45) is 0. The topological polar surface area (TPSA) is 62.5 Å². The number of aryl methyl sites for hydroxylation is 1. The van der Waals surface area contributed by atoms with Gasteiger partial charge >= 0.3 is 0 Å². The first-order valence-electron chi connectivity index (χ1n) is 8.04. The van der Waals surface area contributed by atoms with Gasteiger partial charge in [-0.15, -0.1) is 11.8 Å². The van der Waals surface area contributed by atoms with Gasteiger partial charge in [0, 0.05) is 21.2 Å². The Morgan fingerprint density at radius 1 is 1.15 bits per heavy atom. The zero-order valence-electron chi connectivity index (χ0n) is 14.2. The van der Waals surface area contributed by atoms with E-state index in [-0.39, 0.29) is 12.5 Å². The molecule has 0 aliphatic carbocycles.